The Balaban J connectivity index is 1.96. The molecule has 1 N–H and O–H groups in total. The van der Waals surface area contributed by atoms with Crippen LogP contribution in [0.5, 0.6) is 0 Å². The molecule has 16 heavy (non-hydrogen) atoms. The maximum Gasteiger partial charge on any atom is 0.0717 e. The molecule has 0 fully saturated rings. The first-order valence-electron chi connectivity index (χ1n) is 5.63. The highest BCUT2D eigenvalue weighted by molar-refractivity contribution is 7.99. The zero-order valence-corrected chi connectivity index (χ0v) is 10.6. The third kappa shape index (κ3) is 6.16. The van der Waals surface area contributed by atoms with E-state index in [-0.39, 0.29) is 6.61 Å². The van der Waals surface area contributed by atoms with Gasteiger partial charge in [-0.05, 0) is 17.2 Å². The van der Waals surface area contributed by atoms with Crippen molar-refractivity contribution in [2.45, 2.75) is 13.5 Å². The third-order valence-electron chi connectivity index (χ3n) is 2.20. The predicted octanol–water partition coefficient (Wildman–Crippen LogP) is 2.56. The second-order valence-electron chi connectivity index (χ2n) is 3.90. The zero-order chi connectivity index (χ0) is 11.6. The molecule has 1 rings (SSSR count). The van der Waals surface area contributed by atoms with E-state index in [0.29, 0.717) is 12.5 Å². The van der Waals surface area contributed by atoms with Gasteiger partial charge in [-0.1, -0.05) is 37.3 Å². The highest BCUT2D eigenvalue weighted by Crippen LogP contribution is 2.08. The van der Waals surface area contributed by atoms with E-state index in [9.17, 15) is 0 Å². The molecule has 0 saturated heterocycles. The Hall–Kier alpha value is -0.510. The van der Waals surface area contributed by atoms with Gasteiger partial charge in [-0.25, -0.2) is 0 Å². The van der Waals surface area contributed by atoms with Crippen molar-refractivity contribution in [3.8, 4) is 0 Å². The Bertz CT molecular complexity index is 264. The summed E-state index contributed by atoms with van der Waals surface area (Å²) < 4.78 is 5.55. The Morgan fingerprint density at radius 2 is 2.06 bits per heavy atom. The molecule has 0 saturated carbocycles. The maximum absolute atomic E-state index is 8.84. The molecular weight excluding hydrogens is 220 g/mol. The lowest BCUT2D eigenvalue weighted by molar-refractivity contribution is 0.136. The molecule has 0 radical (unpaired) electrons. The van der Waals surface area contributed by atoms with Crippen LogP contribution >= 0.6 is 11.8 Å². The smallest absolute Gasteiger partial charge is 0.0717 e. The molecule has 1 atom stereocenters. The summed E-state index contributed by atoms with van der Waals surface area (Å²) in [5, 5.41) is 8.84. The van der Waals surface area contributed by atoms with Gasteiger partial charge in [-0.3, -0.25) is 0 Å². The lowest BCUT2D eigenvalue weighted by Gasteiger charge is -2.07. The van der Waals surface area contributed by atoms with Crippen molar-refractivity contribution in [3.63, 3.8) is 0 Å². The summed E-state index contributed by atoms with van der Waals surface area (Å²) >= 11 is 1.84. The minimum absolute atomic E-state index is 0.276. The van der Waals surface area contributed by atoms with Gasteiger partial charge in [0.15, 0.2) is 0 Å². The van der Waals surface area contributed by atoms with E-state index in [0.717, 1.165) is 18.1 Å². The number of ether oxygens (including phenoxy) is 1. The van der Waals surface area contributed by atoms with Crippen LogP contribution in [-0.4, -0.2) is 29.8 Å². The Morgan fingerprint density at radius 3 is 2.75 bits per heavy atom. The average molecular weight is 240 g/mol. The number of hydrogen-bond donors (Lipinski definition) is 1. The summed E-state index contributed by atoms with van der Waals surface area (Å²) in [7, 11) is 0. The first-order chi connectivity index (χ1) is 7.83. The summed E-state index contributed by atoms with van der Waals surface area (Å²) in [5.74, 6) is 2.39. The normalized spacial score (nSPS) is 12.6. The first kappa shape index (κ1) is 13.6. The number of rotatable bonds is 8. The summed E-state index contributed by atoms with van der Waals surface area (Å²) in [5.41, 5.74) is 1.22. The molecule has 0 aliphatic heterocycles. The lowest BCUT2D eigenvalue weighted by atomic mass is 10.2. The highest BCUT2D eigenvalue weighted by Gasteiger charge is 1.99. The minimum Gasteiger partial charge on any atom is -0.396 e. The number of benzene rings is 1. The Kier molecular flexibility index (Phi) is 7.30. The summed E-state index contributed by atoms with van der Waals surface area (Å²) in [6.07, 6.45) is 0. The van der Waals surface area contributed by atoms with Crippen LogP contribution in [0.1, 0.15) is 12.5 Å². The number of aliphatic hydroxyl groups is 1. The minimum atomic E-state index is 0.276. The van der Waals surface area contributed by atoms with Crippen LogP contribution in [0.3, 0.4) is 0 Å². The number of thioether (sulfide) groups is 1. The highest BCUT2D eigenvalue weighted by atomic mass is 32.2. The van der Waals surface area contributed by atoms with Crippen molar-refractivity contribution < 1.29 is 9.84 Å². The van der Waals surface area contributed by atoms with Crippen LogP contribution < -0.4 is 0 Å². The molecule has 1 aromatic rings. The fourth-order valence-corrected chi connectivity index (χ4v) is 2.13. The fourth-order valence-electron chi connectivity index (χ4n) is 1.22. The van der Waals surface area contributed by atoms with E-state index >= 15 is 0 Å². The topological polar surface area (TPSA) is 29.5 Å². The Labute approximate surface area is 102 Å². The molecule has 0 heterocycles. The summed E-state index contributed by atoms with van der Waals surface area (Å²) in [6.45, 7) is 3.80. The van der Waals surface area contributed by atoms with Crippen molar-refractivity contribution in [3.05, 3.63) is 35.9 Å². The molecule has 3 heteroatoms. The predicted molar refractivity (Wildman–Crippen MR) is 69.7 cm³/mol. The number of hydrogen-bond acceptors (Lipinski definition) is 3. The van der Waals surface area contributed by atoms with Crippen LogP contribution in [0, 0.1) is 5.92 Å². The van der Waals surface area contributed by atoms with Gasteiger partial charge in [0.05, 0.1) is 13.2 Å². The van der Waals surface area contributed by atoms with E-state index in [1.807, 2.05) is 30.0 Å². The second kappa shape index (κ2) is 8.62. The average Bonchev–Trinajstić information content (AvgIpc) is 2.34. The maximum atomic E-state index is 8.84. The molecule has 1 aromatic carbocycles. The van der Waals surface area contributed by atoms with Crippen LogP contribution in [0.25, 0.3) is 0 Å². The van der Waals surface area contributed by atoms with Gasteiger partial charge in [-0.2, -0.15) is 11.8 Å². The molecule has 0 aromatic heterocycles. The van der Waals surface area contributed by atoms with Gasteiger partial charge in [0, 0.05) is 12.4 Å². The van der Waals surface area contributed by atoms with Gasteiger partial charge in [0.25, 0.3) is 0 Å². The zero-order valence-electron chi connectivity index (χ0n) is 9.76. The van der Waals surface area contributed by atoms with E-state index < -0.39 is 0 Å². The van der Waals surface area contributed by atoms with E-state index in [4.69, 9.17) is 9.84 Å². The van der Waals surface area contributed by atoms with Gasteiger partial charge in [0.2, 0.25) is 0 Å². The molecule has 0 bridgehead atoms. The third-order valence-corrected chi connectivity index (χ3v) is 3.46. The summed E-state index contributed by atoms with van der Waals surface area (Å²) in [6, 6.07) is 10.2. The van der Waals surface area contributed by atoms with Gasteiger partial charge in [-0.15, -0.1) is 0 Å². The van der Waals surface area contributed by atoms with Crippen LogP contribution in [0.15, 0.2) is 30.3 Å². The van der Waals surface area contributed by atoms with E-state index in [1.54, 1.807) is 0 Å². The van der Waals surface area contributed by atoms with Crippen molar-refractivity contribution in [2.24, 2.45) is 5.92 Å². The molecule has 0 spiro atoms. The largest absolute Gasteiger partial charge is 0.396 e. The van der Waals surface area contributed by atoms with E-state index in [2.05, 4.69) is 19.1 Å². The molecule has 0 aliphatic rings. The molecule has 0 amide bonds. The van der Waals surface area contributed by atoms with Crippen molar-refractivity contribution in [1.29, 1.82) is 0 Å². The SMILES string of the molecule is CC(CO)CSCCOCc1ccccc1. The van der Waals surface area contributed by atoms with Crippen LogP contribution in [0.2, 0.25) is 0 Å². The van der Waals surface area contributed by atoms with Gasteiger partial charge < -0.3 is 9.84 Å². The monoisotopic (exact) mass is 240 g/mol. The fraction of sp³-hybridized carbons (Fsp3) is 0.538. The molecule has 1 unspecified atom stereocenters. The van der Waals surface area contributed by atoms with Crippen molar-refractivity contribution in [1.82, 2.24) is 0 Å². The molecule has 90 valence electrons. The van der Waals surface area contributed by atoms with Crippen molar-refractivity contribution in [2.75, 3.05) is 24.7 Å². The van der Waals surface area contributed by atoms with Crippen molar-refractivity contribution >= 4 is 11.8 Å². The van der Waals surface area contributed by atoms with Crippen LogP contribution in [-0.2, 0) is 11.3 Å². The molecule has 0 aliphatic carbocycles. The van der Waals surface area contributed by atoms with Gasteiger partial charge in [0.1, 0.15) is 0 Å². The first-order valence-corrected chi connectivity index (χ1v) is 6.78. The number of aliphatic hydroxyl groups excluding tert-OH is 1. The molecular formula is C13H20O2S. The quantitative estimate of drug-likeness (QED) is 0.708. The van der Waals surface area contributed by atoms with E-state index in [1.165, 1.54) is 5.56 Å². The van der Waals surface area contributed by atoms with Gasteiger partial charge >= 0.3 is 0 Å². The lowest BCUT2D eigenvalue weighted by Crippen LogP contribution is -2.05. The summed E-state index contributed by atoms with van der Waals surface area (Å²) in [4.78, 5) is 0. The standard InChI is InChI=1S/C13H20O2S/c1-12(9-14)11-16-8-7-15-10-13-5-3-2-4-6-13/h2-6,12,14H,7-11H2,1H3. The Morgan fingerprint density at radius 1 is 1.31 bits per heavy atom. The van der Waals surface area contributed by atoms with Crippen LogP contribution in [0.4, 0.5) is 0 Å². The molecule has 2 nitrogen and oxygen atoms in total. The second-order valence-corrected chi connectivity index (χ2v) is 5.05.